The number of hydrogen-bond donors (Lipinski definition) is 1. The van der Waals surface area contributed by atoms with E-state index >= 15 is 0 Å². The van der Waals surface area contributed by atoms with Gasteiger partial charge < -0.3 is 0 Å². The summed E-state index contributed by atoms with van der Waals surface area (Å²) in [5, 5.41) is 9.42. The molecule has 4 aromatic rings. The number of nitrogens with one attached hydrogen (secondary N) is 1. The number of likely N-dealkylation sites (N-methyl/N-ethyl adjacent to an activating group) is 1. The van der Waals surface area contributed by atoms with Gasteiger partial charge >= 0.3 is 0 Å². The van der Waals surface area contributed by atoms with Crippen molar-refractivity contribution in [2.75, 3.05) is 18.4 Å². The van der Waals surface area contributed by atoms with Crippen molar-refractivity contribution in [2.45, 2.75) is 33.4 Å². The largest absolute Gasteiger partial charge is 0.298 e. The molecule has 8 heteroatoms. The molecule has 0 radical (unpaired) electrons. The Labute approximate surface area is 183 Å². The molecule has 0 saturated heterocycles. The summed E-state index contributed by atoms with van der Waals surface area (Å²) in [6.45, 7) is 7.87. The molecule has 0 bridgehead atoms. The molecule has 1 amide bonds. The van der Waals surface area contributed by atoms with Crippen LogP contribution in [0, 0.1) is 6.92 Å². The van der Waals surface area contributed by atoms with Crippen molar-refractivity contribution >= 4 is 43.9 Å². The molecule has 1 aliphatic rings. The quantitative estimate of drug-likeness (QED) is 0.498. The molecule has 4 heterocycles. The molecule has 1 N–H and O–H groups in total. The predicted molar refractivity (Wildman–Crippen MR) is 123 cm³/mol. The van der Waals surface area contributed by atoms with Gasteiger partial charge in [-0.25, -0.2) is 4.98 Å². The van der Waals surface area contributed by atoms with Crippen LogP contribution < -0.4 is 5.32 Å². The highest BCUT2D eigenvalue weighted by molar-refractivity contribution is 7.20. The molecular weight excluding hydrogens is 414 g/mol. The van der Waals surface area contributed by atoms with Crippen LogP contribution in [-0.2, 0) is 19.5 Å². The highest BCUT2D eigenvalue weighted by Crippen LogP contribution is 2.31. The zero-order valence-corrected chi connectivity index (χ0v) is 18.6. The Morgan fingerprint density at radius 2 is 2.07 bits per heavy atom. The van der Waals surface area contributed by atoms with Crippen molar-refractivity contribution in [2.24, 2.45) is 0 Å². The Bertz CT molecular complexity index is 1210. The van der Waals surface area contributed by atoms with E-state index in [-0.39, 0.29) is 5.91 Å². The maximum atomic E-state index is 12.9. The second-order valence-corrected chi connectivity index (χ2v) is 9.63. The average molecular weight is 438 g/mol. The lowest BCUT2D eigenvalue weighted by Crippen LogP contribution is -2.29. The van der Waals surface area contributed by atoms with Gasteiger partial charge in [-0.1, -0.05) is 37.3 Å². The van der Waals surface area contributed by atoms with Crippen LogP contribution in [0.2, 0.25) is 0 Å². The third kappa shape index (κ3) is 3.66. The fourth-order valence-corrected chi connectivity index (χ4v) is 5.92. The van der Waals surface area contributed by atoms with Crippen molar-refractivity contribution in [3.05, 3.63) is 63.1 Å². The van der Waals surface area contributed by atoms with Crippen LogP contribution >= 0.6 is 22.7 Å². The van der Waals surface area contributed by atoms with Crippen molar-refractivity contribution in [3.63, 3.8) is 0 Å². The standard InChI is InChI=1S/C22H23N5OS2/c1-3-26-10-9-17-19(13-26)30-22(23-17)24-20(28)18-11-16-14(2)25-27(21(16)29-18)12-15-7-5-4-6-8-15/h4-8,11H,3,9-10,12-13H2,1-2H3,(H,23,24,28). The van der Waals surface area contributed by atoms with Gasteiger partial charge in [0.2, 0.25) is 0 Å². The average Bonchev–Trinajstić information content (AvgIpc) is 3.43. The van der Waals surface area contributed by atoms with E-state index in [1.165, 1.54) is 21.8 Å². The second-order valence-electron chi connectivity index (χ2n) is 7.52. The number of rotatable bonds is 5. The van der Waals surface area contributed by atoms with Crippen molar-refractivity contribution in [1.82, 2.24) is 19.7 Å². The first kappa shape index (κ1) is 19.4. The van der Waals surface area contributed by atoms with E-state index in [1.54, 1.807) is 11.3 Å². The molecule has 0 fully saturated rings. The summed E-state index contributed by atoms with van der Waals surface area (Å²) in [5.41, 5.74) is 3.27. The number of fused-ring (bicyclic) bond motifs is 2. The first-order valence-electron chi connectivity index (χ1n) is 10.1. The van der Waals surface area contributed by atoms with E-state index in [9.17, 15) is 4.79 Å². The molecule has 1 aliphatic heterocycles. The number of anilines is 1. The number of amides is 1. The summed E-state index contributed by atoms with van der Waals surface area (Å²) >= 11 is 3.08. The van der Waals surface area contributed by atoms with E-state index in [0.717, 1.165) is 47.7 Å². The van der Waals surface area contributed by atoms with Gasteiger partial charge in [-0.3, -0.25) is 19.7 Å². The fourth-order valence-electron chi connectivity index (χ4n) is 3.82. The first-order chi connectivity index (χ1) is 14.6. The zero-order valence-electron chi connectivity index (χ0n) is 17.0. The van der Waals surface area contributed by atoms with Gasteiger partial charge in [-0.05, 0) is 25.1 Å². The summed E-state index contributed by atoms with van der Waals surface area (Å²) in [4.78, 5) is 23.0. The van der Waals surface area contributed by atoms with Crippen molar-refractivity contribution in [1.29, 1.82) is 0 Å². The molecule has 0 atom stereocenters. The number of carbonyl (C=O) groups excluding carboxylic acids is 1. The SMILES string of the molecule is CCN1CCc2nc(NC(=O)c3cc4c(C)nn(Cc5ccccc5)c4s3)sc2C1. The van der Waals surface area contributed by atoms with Crippen LogP contribution in [0.1, 0.15) is 38.4 Å². The maximum absolute atomic E-state index is 12.9. The molecule has 1 aromatic carbocycles. The van der Waals surface area contributed by atoms with E-state index in [4.69, 9.17) is 0 Å². The predicted octanol–water partition coefficient (Wildman–Crippen LogP) is 4.54. The number of carbonyl (C=O) groups is 1. The van der Waals surface area contributed by atoms with E-state index in [2.05, 4.69) is 39.4 Å². The zero-order chi connectivity index (χ0) is 20.7. The molecular formula is C22H23N5OS2. The Balaban J connectivity index is 1.37. The summed E-state index contributed by atoms with van der Waals surface area (Å²) in [5.74, 6) is -0.0969. The number of thiazole rings is 1. The molecule has 0 saturated carbocycles. The molecule has 0 spiro atoms. The van der Waals surface area contributed by atoms with Gasteiger partial charge in [0.05, 0.1) is 22.8 Å². The van der Waals surface area contributed by atoms with Crippen LogP contribution in [0.25, 0.3) is 10.2 Å². The topological polar surface area (TPSA) is 63.1 Å². The normalized spacial score (nSPS) is 14.2. The lowest BCUT2D eigenvalue weighted by atomic mass is 10.2. The third-order valence-corrected chi connectivity index (χ3v) is 7.63. The molecule has 30 heavy (non-hydrogen) atoms. The third-order valence-electron chi connectivity index (χ3n) is 5.48. The number of aryl methyl sites for hydroxylation is 1. The molecule has 3 aromatic heterocycles. The van der Waals surface area contributed by atoms with Gasteiger partial charge in [0.15, 0.2) is 5.13 Å². The van der Waals surface area contributed by atoms with Gasteiger partial charge in [-0.15, -0.1) is 22.7 Å². The second kappa shape index (κ2) is 7.94. The van der Waals surface area contributed by atoms with Gasteiger partial charge in [-0.2, -0.15) is 5.10 Å². The Morgan fingerprint density at radius 3 is 2.87 bits per heavy atom. The maximum Gasteiger partial charge on any atom is 0.267 e. The number of hydrogen-bond acceptors (Lipinski definition) is 6. The Hall–Kier alpha value is -2.55. The lowest BCUT2D eigenvalue weighted by Gasteiger charge is -2.23. The molecule has 5 rings (SSSR count). The number of nitrogens with zero attached hydrogens (tertiary/aromatic N) is 4. The summed E-state index contributed by atoms with van der Waals surface area (Å²) in [6.07, 6.45) is 0.951. The number of benzene rings is 1. The van der Waals surface area contributed by atoms with Crippen LogP contribution in [0.15, 0.2) is 36.4 Å². The smallest absolute Gasteiger partial charge is 0.267 e. The highest BCUT2D eigenvalue weighted by atomic mass is 32.1. The molecule has 6 nitrogen and oxygen atoms in total. The van der Waals surface area contributed by atoms with Crippen LogP contribution in [0.3, 0.4) is 0 Å². The lowest BCUT2D eigenvalue weighted by molar-refractivity contribution is 0.103. The van der Waals surface area contributed by atoms with Gasteiger partial charge in [0, 0.05) is 29.8 Å². The summed E-state index contributed by atoms with van der Waals surface area (Å²) < 4.78 is 1.99. The van der Waals surface area contributed by atoms with E-state index < -0.39 is 0 Å². The van der Waals surface area contributed by atoms with Gasteiger partial charge in [0.25, 0.3) is 5.91 Å². The molecule has 0 aliphatic carbocycles. The van der Waals surface area contributed by atoms with Gasteiger partial charge in [0.1, 0.15) is 4.83 Å². The highest BCUT2D eigenvalue weighted by Gasteiger charge is 2.22. The van der Waals surface area contributed by atoms with Crippen molar-refractivity contribution < 1.29 is 4.79 Å². The minimum atomic E-state index is -0.0969. The minimum absolute atomic E-state index is 0.0969. The van der Waals surface area contributed by atoms with Crippen LogP contribution in [0.4, 0.5) is 5.13 Å². The summed E-state index contributed by atoms with van der Waals surface area (Å²) in [7, 11) is 0. The first-order valence-corrected chi connectivity index (χ1v) is 11.8. The van der Waals surface area contributed by atoms with Crippen molar-refractivity contribution in [3.8, 4) is 0 Å². The Kier molecular flexibility index (Phi) is 5.14. The minimum Gasteiger partial charge on any atom is -0.298 e. The molecule has 154 valence electrons. The number of thiophene rings is 1. The van der Waals surface area contributed by atoms with Crippen LogP contribution in [0.5, 0.6) is 0 Å². The van der Waals surface area contributed by atoms with E-state index in [1.807, 2.05) is 35.9 Å². The van der Waals surface area contributed by atoms with Crippen LogP contribution in [-0.4, -0.2) is 38.7 Å². The fraction of sp³-hybridized carbons (Fsp3) is 0.318. The molecule has 0 unspecified atom stereocenters. The summed E-state index contributed by atoms with van der Waals surface area (Å²) in [6, 6.07) is 12.2. The monoisotopic (exact) mass is 437 g/mol. The van der Waals surface area contributed by atoms with E-state index in [0.29, 0.717) is 16.6 Å². The Morgan fingerprint density at radius 1 is 1.23 bits per heavy atom. The number of aromatic nitrogens is 3.